The molecule has 17 heavy (non-hydrogen) atoms. The first-order valence-corrected chi connectivity index (χ1v) is 6.44. The van der Waals surface area contributed by atoms with Gasteiger partial charge >= 0.3 is 6.18 Å². The molecular formula is C12H21F3N2. The van der Waals surface area contributed by atoms with Crippen molar-refractivity contribution in [1.29, 1.82) is 0 Å². The summed E-state index contributed by atoms with van der Waals surface area (Å²) >= 11 is 0. The van der Waals surface area contributed by atoms with E-state index in [9.17, 15) is 13.2 Å². The Balaban J connectivity index is 1.84. The molecule has 2 nitrogen and oxygen atoms in total. The highest BCUT2D eigenvalue weighted by molar-refractivity contribution is 5.02. The van der Waals surface area contributed by atoms with Crippen molar-refractivity contribution in [3.05, 3.63) is 0 Å². The van der Waals surface area contributed by atoms with Gasteiger partial charge in [-0.1, -0.05) is 0 Å². The van der Waals surface area contributed by atoms with E-state index < -0.39 is 12.6 Å². The van der Waals surface area contributed by atoms with E-state index in [1.54, 1.807) is 0 Å². The highest BCUT2D eigenvalue weighted by atomic mass is 19.4. The van der Waals surface area contributed by atoms with Crippen LogP contribution in [0.25, 0.3) is 0 Å². The van der Waals surface area contributed by atoms with Gasteiger partial charge in [-0.3, -0.25) is 4.90 Å². The number of hydrogen-bond acceptors (Lipinski definition) is 2. The van der Waals surface area contributed by atoms with Crippen molar-refractivity contribution in [3.63, 3.8) is 0 Å². The van der Waals surface area contributed by atoms with Crippen LogP contribution in [0.2, 0.25) is 0 Å². The molecule has 0 spiro atoms. The average Bonchev–Trinajstić information content (AvgIpc) is 3.02. The molecular weight excluding hydrogens is 229 g/mol. The zero-order chi connectivity index (χ0) is 12.5. The lowest BCUT2D eigenvalue weighted by atomic mass is 9.91. The van der Waals surface area contributed by atoms with Crippen LogP contribution in [0.3, 0.4) is 0 Å². The third-order valence-corrected chi connectivity index (χ3v) is 4.11. The molecule has 100 valence electrons. The van der Waals surface area contributed by atoms with Crippen molar-refractivity contribution in [2.45, 2.75) is 44.3 Å². The largest absolute Gasteiger partial charge is 0.389 e. The van der Waals surface area contributed by atoms with Gasteiger partial charge in [0, 0.05) is 31.6 Å². The van der Waals surface area contributed by atoms with Crippen LogP contribution in [0.1, 0.15) is 32.6 Å². The molecule has 1 aliphatic carbocycles. The summed E-state index contributed by atoms with van der Waals surface area (Å²) in [5.41, 5.74) is 0.0872. The summed E-state index contributed by atoms with van der Waals surface area (Å²) in [6.45, 7) is 5.47. The van der Waals surface area contributed by atoms with E-state index in [1.807, 2.05) is 0 Å². The van der Waals surface area contributed by atoms with Crippen LogP contribution < -0.4 is 5.32 Å². The van der Waals surface area contributed by atoms with E-state index in [-0.39, 0.29) is 12.0 Å². The second kappa shape index (κ2) is 4.76. The zero-order valence-electron chi connectivity index (χ0n) is 10.3. The molecule has 2 aliphatic rings. The van der Waals surface area contributed by atoms with Gasteiger partial charge in [0.25, 0.3) is 0 Å². The molecule has 2 rings (SSSR count). The molecule has 1 atom stereocenters. The Labute approximate surface area is 101 Å². The first-order chi connectivity index (χ1) is 7.92. The monoisotopic (exact) mass is 250 g/mol. The highest BCUT2D eigenvalue weighted by Crippen LogP contribution is 2.43. The molecule has 5 heteroatoms. The zero-order valence-corrected chi connectivity index (χ0v) is 10.3. The van der Waals surface area contributed by atoms with Gasteiger partial charge in [-0.25, -0.2) is 0 Å². The topological polar surface area (TPSA) is 15.3 Å². The number of alkyl halides is 3. The first-order valence-electron chi connectivity index (χ1n) is 6.44. The van der Waals surface area contributed by atoms with Gasteiger partial charge in [0.15, 0.2) is 0 Å². The standard InChI is InChI=1S/C12H21F3N2/c1-11(10-3-4-10)9-16-6-8-17(11)7-2-5-12(13,14)15/h10,16H,2-9H2,1H3. The first kappa shape index (κ1) is 13.1. The lowest BCUT2D eigenvalue weighted by Gasteiger charge is -2.46. The van der Waals surface area contributed by atoms with Gasteiger partial charge in [0.05, 0.1) is 0 Å². The molecule has 1 saturated heterocycles. The quantitative estimate of drug-likeness (QED) is 0.824. The van der Waals surface area contributed by atoms with Crippen LogP contribution in [0.5, 0.6) is 0 Å². The summed E-state index contributed by atoms with van der Waals surface area (Å²) in [4.78, 5) is 2.27. The summed E-state index contributed by atoms with van der Waals surface area (Å²) in [7, 11) is 0. The fraction of sp³-hybridized carbons (Fsp3) is 1.00. The fourth-order valence-corrected chi connectivity index (χ4v) is 2.87. The Morgan fingerprint density at radius 2 is 2.06 bits per heavy atom. The van der Waals surface area contributed by atoms with E-state index in [1.165, 1.54) is 12.8 Å². The highest BCUT2D eigenvalue weighted by Gasteiger charge is 2.46. The predicted octanol–water partition coefficient (Wildman–Crippen LogP) is 2.40. The summed E-state index contributed by atoms with van der Waals surface area (Å²) < 4.78 is 36.4. The molecule has 0 aromatic rings. The van der Waals surface area contributed by atoms with E-state index in [0.29, 0.717) is 12.5 Å². The van der Waals surface area contributed by atoms with Crippen LogP contribution in [0, 0.1) is 5.92 Å². The number of nitrogens with zero attached hydrogens (tertiary/aromatic N) is 1. The Hall–Kier alpha value is -0.290. The normalized spacial score (nSPS) is 31.8. The third kappa shape index (κ3) is 3.35. The van der Waals surface area contributed by atoms with Gasteiger partial charge in [-0.2, -0.15) is 13.2 Å². The van der Waals surface area contributed by atoms with Gasteiger partial charge in [-0.15, -0.1) is 0 Å². The molecule has 1 unspecified atom stereocenters. The number of piperazine rings is 1. The number of halogens is 3. The molecule has 1 heterocycles. The molecule has 0 aromatic carbocycles. The van der Waals surface area contributed by atoms with E-state index in [0.717, 1.165) is 19.6 Å². The van der Waals surface area contributed by atoms with Crippen molar-refractivity contribution in [2.24, 2.45) is 5.92 Å². The lowest BCUT2D eigenvalue weighted by Crippen LogP contribution is -2.61. The second-order valence-corrected chi connectivity index (χ2v) is 5.51. The number of nitrogens with one attached hydrogen (secondary N) is 1. The van der Waals surface area contributed by atoms with Crippen molar-refractivity contribution in [2.75, 3.05) is 26.2 Å². The van der Waals surface area contributed by atoms with E-state index in [2.05, 4.69) is 17.1 Å². The minimum Gasteiger partial charge on any atom is -0.314 e. The molecule has 1 N–H and O–H groups in total. The Morgan fingerprint density at radius 3 is 2.65 bits per heavy atom. The van der Waals surface area contributed by atoms with Gasteiger partial charge in [0.2, 0.25) is 0 Å². The van der Waals surface area contributed by atoms with Crippen molar-refractivity contribution in [1.82, 2.24) is 10.2 Å². The van der Waals surface area contributed by atoms with Crippen LogP contribution in [0.4, 0.5) is 13.2 Å². The minimum absolute atomic E-state index is 0.0872. The molecule has 0 radical (unpaired) electrons. The van der Waals surface area contributed by atoms with Crippen molar-refractivity contribution < 1.29 is 13.2 Å². The average molecular weight is 250 g/mol. The van der Waals surface area contributed by atoms with Gasteiger partial charge in [-0.05, 0) is 38.6 Å². The summed E-state index contributed by atoms with van der Waals surface area (Å²) in [6.07, 6.45) is -1.98. The maximum Gasteiger partial charge on any atom is 0.389 e. The summed E-state index contributed by atoms with van der Waals surface area (Å²) in [6, 6.07) is 0. The predicted molar refractivity (Wildman–Crippen MR) is 60.9 cm³/mol. The lowest BCUT2D eigenvalue weighted by molar-refractivity contribution is -0.137. The van der Waals surface area contributed by atoms with Crippen LogP contribution >= 0.6 is 0 Å². The van der Waals surface area contributed by atoms with Crippen LogP contribution in [-0.4, -0.2) is 42.8 Å². The summed E-state index contributed by atoms with van der Waals surface area (Å²) in [5.74, 6) is 0.682. The van der Waals surface area contributed by atoms with Gasteiger partial charge < -0.3 is 5.32 Å². The van der Waals surface area contributed by atoms with Gasteiger partial charge in [0.1, 0.15) is 0 Å². The number of rotatable bonds is 4. The molecule has 0 bridgehead atoms. The smallest absolute Gasteiger partial charge is 0.314 e. The minimum atomic E-state index is -4.01. The molecule has 1 saturated carbocycles. The summed E-state index contributed by atoms with van der Waals surface area (Å²) in [5, 5.41) is 3.37. The van der Waals surface area contributed by atoms with Crippen LogP contribution in [-0.2, 0) is 0 Å². The molecule has 1 aliphatic heterocycles. The molecule has 0 aromatic heterocycles. The van der Waals surface area contributed by atoms with E-state index in [4.69, 9.17) is 0 Å². The van der Waals surface area contributed by atoms with Crippen LogP contribution in [0.15, 0.2) is 0 Å². The van der Waals surface area contributed by atoms with Crippen molar-refractivity contribution in [3.8, 4) is 0 Å². The maximum absolute atomic E-state index is 12.1. The Morgan fingerprint density at radius 1 is 1.35 bits per heavy atom. The maximum atomic E-state index is 12.1. The Bertz CT molecular complexity index is 263. The number of hydrogen-bond donors (Lipinski definition) is 1. The molecule has 2 fully saturated rings. The van der Waals surface area contributed by atoms with E-state index >= 15 is 0 Å². The van der Waals surface area contributed by atoms with Crippen molar-refractivity contribution >= 4 is 0 Å². The second-order valence-electron chi connectivity index (χ2n) is 5.51. The SMILES string of the molecule is CC1(C2CC2)CNCCN1CCCC(F)(F)F. The fourth-order valence-electron chi connectivity index (χ4n) is 2.87. The molecule has 0 amide bonds. The third-order valence-electron chi connectivity index (χ3n) is 4.11. The Kier molecular flexibility index (Phi) is 3.69.